The first-order valence-corrected chi connectivity index (χ1v) is 6.84. The average molecular weight is 303 g/mol. The van der Waals surface area contributed by atoms with E-state index in [9.17, 15) is 15.2 Å². The fourth-order valence-corrected chi connectivity index (χ4v) is 2.77. The van der Waals surface area contributed by atoms with Gasteiger partial charge in [-0.15, -0.1) is 0 Å². The number of rotatable bonds is 2. The Labute approximate surface area is 128 Å². The van der Waals surface area contributed by atoms with Gasteiger partial charge in [-0.1, -0.05) is 29.8 Å². The molecule has 1 aliphatic rings. The van der Waals surface area contributed by atoms with E-state index in [2.05, 4.69) is 6.07 Å². The Kier molecular flexibility index (Phi) is 4.06. The van der Waals surface area contributed by atoms with E-state index in [-0.39, 0.29) is 11.6 Å². The highest BCUT2D eigenvalue weighted by molar-refractivity contribution is 6.33. The first-order chi connectivity index (χ1) is 9.90. The molecule has 0 aromatic heterocycles. The minimum Gasteiger partial charge on any atom is -0.478 e. The molecule has 108 valence electrons. The first-order valence-electron chi connectivity index (χ1n) is 6.46. The molecule has 1 aromatic rings. The number of hydrogen-bond acceptors (Lipinski definition) is 3. The predicted molar refractivity (Wildman–Crippen MR) is 81.5 cm³/mol. The molecule has 0 bridgehead atoms. The summed E-state index contributed by atoms with van der Waals surface area (Å²) in [5.41, 5.74) is 2.14. The second kappa shape index (κ2) is 5.63. The van der Waals surface area contributed by atoms with Crippen molar-refractivity contribution in [1.29, 1.82) is 5.26 Å². The van der Waals surface area contributed by atoms with Crippen molar-refractivity contribution in [1.82, 2.24) is 4.90 Å². The second-order valence-corrected chi connectivity index (χ2v) is 5.34. The molecule has 1 aromatic carbocycles. The van der Waals surface area contributed by atoms with Crippen LogP contribution in [0.1, 0.15) is 19.4 Å². The van der Waals surface area contributed by atoms with Crippen LogP contribution < -0.4 is 0 Å². The van der Waals surface area contributed by atoms with Crippen LogP contribution in [0.2, 0.25) is 5.02 Å². The van der Waals surface area contributed by atoms with Gasteiger partial charge in [0.15, 0.2) is 0 Å². The Bertz CT molecular complexity index is 713. The lowest BCUT2D eigenvalue weighted by molar-refractivity contribution is -0.132. The van der Waals surface area contributed by atoms with E-state index < -0.39 is 5.97 Å². The SMILES string of the molecule is CC1=C(C(=O)O)C(c2ccccc2Cl)=C(C#N)C(C)N1C. The molecule has 4 nitrogen and oxygen atoms in total. The van der Waals surface area contributed by atoms with Crippen LogP contribution in [0.4, 0.5) is 0 Å². The zero-order valence-electron chi connectivity index (χ0n) is 12.0. The summed E-state index contributed by atoms with van der Waals surface area (Å²) in [4.78, 5) is 13.5. The van der Waals surface area contributed by atoms with E-state index in [4.69, 9.17) is 11.6 Å². The van der Waals surface area contributed by atoms with Gasteiger partial charge in [0.05, 0.1) is 23.3 Å². The molecule has 0 aliphatic carbocycles. The molecule has 5 heteroatoms. The summed E-state index contributed by atoms with van der Waals surface area (Å²) in [6.45, 7) is 3.61. The molecule has 1 atom stereocenters. The molecule has 0 amide bonds. The van der Waals surface area contributed by atoms with Crippen molar-refractivity contribution in [2.24, 2.45) is 0 Å². The summed E-state index contributed by atoms with van der Waals surface area (Å²) in [6.07, 6.45) is 0. The summed E-state index contributed by atoms with van der Waals surface area (Å²) in [7, 11) is 1.78. The van der Waals surface area contributed by atoms with Gasteiger partial charge in [0.25, 0.3) is 0 Å². The van der Waals surface area contributed by atoms with E-state index in [1.54, 1.807) is 43.1 Å². The quantitative estimate of drug-likeness (QED) is 0.910. The number of carboxylic acids is 1. The molecule has 0 saturated carbocycles. The van der Waals surface area contributed by atoms with Crippen molar-refractivity contribution < 1.29 is 9.90 Å². The van der Waals surface area contributed by atoms with Crippen molar-refractivity contribution in [2.75, 3.05) is 7.05 Å². The number of aliphatic carboxylic acids is 1. The van der Waals surface area contributed by atoms with Crippen LogP contribution in [0, 0.1) is 11.3 Å². The van der Waals surface area contributed by atoms with Gasteiger partial charge in [0.2, 0.25) is 0 Å². The average Bonchev–Trinajstić information content (AvgIpc) is 2.44. The lowest BCUT2D eigenvalue weighted by Crippen LogP contribution is -2.35. The Morgan fingerprint density at radius 2 is 2.05 bits per heavy atom. The smallest absolute Gasteiger partial charge is 0.338 e. The zero-order valence-corrected chi connectivity index (χ0v) is 12.8. The largest absolute Gasteiger partial charge is 0.478 e. The minimum absolute atomic E-state index is 0.125. The maximum absolute atomic E-state index is 11.7. The Hall–Kier alpha value is -2.25. The second-order valence-electron chi connectivity index (χ2n) is 4.93. The van der Waals surface area contributed by atoms with Crippen LogP contribution in [-0.2, 0) is 4.79 Å². The van der Waals surface area contributed by atoms with Crippen LogP contribution in [0.15, 0.2) is 41.1 Å². The fraction of sp³-hybridized carbons (Fsp3) is 0.250. The summed E-state index contributed by atoms with van der Waals surface area (Å²) >= 11 is 6.21. The number of likely N-dealkylation sites (N-methyl/N-ethyl adjacent to an activating group) is 1. The van der Waals surface area contributed by atoms with E-state index in [1.165, 1.54) is 0 Å². The monoisotopic (exact) mass is 302 g/mol. The van der Waals surface area contributed by atoms with E-state index >= 15 is 0 Å². The Morgan fingerprint density at radius 3 is 2.57 bits per heavy atom. The molecule has 0 radical (unpaired) electrons. The number of carbonyl (C=O) groups is 1. The molecular formula is C16H15ClN2O2. The lowest BCUT2D eigenvalue weighted by atomic mass is 9.85. The predicted octanol–water partition coefficient (Wildman–Crippen LogP) is 3.31. The third kappa shape index (κ3) is 2.41. The summed E-state index contributed by atoms with van der Waals surface area (Å²) < 4.78 is 0. The van der Waals surface area contributed by atoms with Gasteiger partial charge in [-0.3, -0.25) is 0 Å². The molecule has 0 spiro atoms. The van der Waals surface area contributed by atoms with Gasteiger partial charge in [-0.25, -0.2) is 4.79 Å². The Balaban J connectivity index is 2.85. The van der Waals surface area contributed by atoms with Gasteiger partial charge in [-0.2, -0.15) is 5.26 Å². The van der Waals surface area contributed by atoms with Crippen LogP contribution in [0.5, 0.6) is 0 Å². The molecule has 1 heterocycles. The fourth-order valence-electron chi connectivity index (χ4n) is 2.54. The molecule has 2 rings (SSSR count). The molecule has 1 unspecified atom stereocenters. The highest BCUT2D eigenvalue weighted by Gasteiger charge is 2.33. The number of allylic oxidation sites excluding steroid dienone is 1. The standard InChI is InChI=1S/C16H15ClN2O2/c1-9-12(8-18)15(11-6-4-5-7-13(11)17)14(16(20)21)10(2)19(9)3/h4-7,9H,1-3H3,(H,20,21). The van der Waals surface area contributed by atoms with E-state index in [0.717, 1.165) is 0 Å². The highest BCUT2D eigenvalue weighted by Crippen LogP contribution is 2.39. The summed E-state index contributed by atoms with van der Waals surface area (Å²) in [5.74, 6) is -1.06. The molecule has 1 aliphatic heterocycles. The van der Waals surface area contributed by atoms with Crippen molar-refractivity contribution in [3.8, 4) is 6.07 Å². The zero-order chi connectivity index (χ0) is 15.7. The number of benzene rings is 1. The van der Waals surface area contributed by atoms with Crippen molar-refractivity contribution >= 4 is 23.1 Å². The topological polar surface area (TPSA) is 64.3 Å². The van der Waals surface area contributed by atoms with Crippen molar-refractivity contribution in [3.05, 3.63) is 51.7 Å². The van der Waals surface area contributed by atoms with E-state index in [1.807, 2.05) is 6.92 Å². The molecule has 0 fully saturated rings. The van der Waals surface area contributed by atoms with E-state index in [0.29, 0.717) is 27.4 Å². The lowest BCUT2D eigenvalue weighted by Gasteiger charge is -2.35. The van der Waals surface area contributed by atoms with Crippen LogP contribution >= 0.6 is 11.6 Å². The number of carboxylic acid groups (broad SMARTS) is 1. The molecule has 21 heavy (non-hydrogen) atoms. The Morgan fingerprint density at radius 1 is 1.43 bits per heavy atom. The third-order valence-electron chi connectivity index (χ3n) is 3.89. The number of halogens is 1. The number of nitrogens with zero attached hydrogens (tertiary/aromatic N) is 2. The molecule has 1 N–H and O–H groups in total. The van der Waals surface area contributed by atoms with Crippen LogP contribution in [0.25, 0.3) is 5.57 Å². The normalized spacial score (nSPS) is 18.8. The highest BCUT2D eigenvalue weighted by atomic mass is 35.5. The van der Waals surface area contributed by atoms with Crippen molar-refractivity contribution in [2.45, 2.75) is 19.9 Å². The summed E-state index contributed by atoms with van der Waals surface area (Å²) in [6, 6.07) is 8.92. The number of hydrogen-bond donors (Lipinski definition) is 1. The molecular weight excluding hydrogens is 288 g/mol. The van der Waals surface area contributed by atoms with Crippen LogP contribution in [0.3, 0.4) is 0 Å². The third-order valence-corrected chi connectivity index (χ3v) is 4.22. The maximum atomic E-state index is 11.7. The molecule has 0 saturated heterocycles. The minimum atomic E-state index is -1.06. The van der Waals surface area contributed by atoms with Gasteiger partial charge < -0.3 is 10.0 Å². The van der Waals surface area contributed by atoms with Gasteiger partial charge in [0.1, 0.15) is 0 Å². The maximum Gasteiger partial charge on any atom is 0.338 e. The van der Waals surface area contributed by atoms with Crippen molar-refractivity contribution in [3.63, 3.8) is 0 Å². The first kappa shape index (κ1) is 15.1. The van der Waals surface area contributed by atoms with Gasteiger partial charge in [0, 0.05) is 28.9 Å². The number of nitriles is 1. The summed E-state index contributed by atoms with van der Waals surface area (Å²) in [5, 5.41) is 19.5. The van der Waals surface area contributed by atoms with Gasteiger partial charge >= 0.3 is 5.97 Å². The van der Waals surface area contributed by atoms with Gasteiger partial charge in [-0.05, 0) is 19.9 Å². The van der Waals surface area contributed by atoms with Crippen LogP contribution in [-0.4, -0.2) is 29.1 Å².